The number of aromatic nitrogens is 1. The Kier molecular flexibility index (Phi) is 9.35. The molecule has 0 amide bonds. The molecule has 0 atom stereocenters. The van der Waals surface area contributed by atoms with Crippen LogP contribution in [-0.4, -0.2) is 11.3 Å². The maximum absolute atomic E-state index is 7.79. The normalized spacial score (nSPS) is 22.9. The molecular formula is C70H65BN2O. The van der Waals surface area contributed by atoms with E-state index in [0.29, 0.717) is 0 Å². The van der Waals surface area contributed by atoms with Crippen molar-refractivity contribution >= 4 is 78.6 Å². The van der Waals surface area contributed by atoms with E-state index < -0.39 is 0 Å². The van der Waals surface area contributed by atoms with Crippen molar-refractivity contribution in [1.82, 2.24) is 4.48 Å². The minimum atomic E-state index is -0.195. The van der Waals surface area contributed by atoms with Crippen LogP contribution in [0, 0.1) is 11.8 Å². The van der Waals surface area contributed by atoms with Gasteiger partial charge in [-0.3, -0.25) is 0 Å². The Balaban J connectivity index is 1.06. The van der Waals surface area contributed by atoms with E-state index in [1.54, 1.807) is 11.1 Å². The third kappa shape index (κ3) is 6.27. The number of furan rings is 1. The van der Waals surface area contributed by atoms with E-state index in [-0.39, 0.29) is 23.1 Å². The Morgan fingerprint density at radius 3 is 1.89 bits per heavy atom. The molecule has 0 N–H and O–H groups in total. The Bertz CT molecular complexity index is 3920. The molecule has 0 radical (unpaired) electrons. The SMILES string of the molecule is CC(C)(C)c1ccc(N2c3cc(-c4ccccc4)cc4c3B(c3oc5c(ccc6ccccc65)c32)n2c3ccc(C56CCCC(CCC5)C6)cc3c3cc(C56CCCC(CCC5)C6)cc-4c32)c(-c2ccccc2)c1. The van der Waals surface area contributed by atoms with Crippen molar-refractivity contribution in [3.8, 4) is 33.4 Å². The summed E-state index contributed by atoms with van der Waals surface area (Å²) in [4.78, 5) is 2.65. The fourth-order valence-electron chi connectivity index (χ4n) is 16.7. The van der Waals surface area contributed by atoms with Gasteiger partial charge in [0.25, 0.3) is 0 Å². The smallest absolute Gasteiger partial charge is 0.375 e. The number of hydrogen-bond acceptors (Lipinski definition) is 2. The molecule has 6 aliphatic rings. The predicted molar refractivity (Wildman–Crippen MR) is 312 cm³/mol. The first-order valence-corrected chi connectivity index (χ1v) is 28.5. The summed E-state index contributed by atoms with van der Waals surface area (Å²) >= 11 is 0. The summed E-state index contributed by atoms with van der Waals surface area (Å²) < 4.78 is 10.6. The molecule has 8 aromatic carbocycles. The van der Waals surface area contributed by atoms with Gasteiger partial charge < -0.3 is 13.8 Å². The number of hydrogen-bond donors (Lipinski definition) is 0. The van der Waals surface area contributed by atoms with Crippen LogP contribution in [0.2, 0.25) is 0 Å². The summed E-state index contributed by atoms with van der Waals surface area (Å²) in [5, 5.41) is 6.39. The number of fused-ring (bicyclic) bond motifs is 15. The van der Waals surface area contributed by atoms with E-state index >= 15 is 0 Å². The molecular weight excluding hydrogens is 896 g/mol. The van der Waals surface area contributed by atoms with Crippen LogP contribution in [0.3, 0.4) is 0 Å². The van der Waals surface area contributed by atoms with E-state index in [1.165, 1.54) is 173 Å². The third-order valence-corrected chi connectivity index (χ3v) is 20.1. The van der Waals surface area contributed by atoms with Gasteiger partial charge in [0.15, 0.2) is 0 Å². The molecule has 0 spiro atoms. The maximum Gasteiger partial charge on any atom is 0.375 e. The Labute approximate surface area is 436 Å². The highest BCUT2D eigenvalue weighted by Gasteiger charge is 2.49. The first-order valence-electron chi connectivity index (χ1n) is 28.5. The molecule has 16 rings (SSSR count). The van der Waals surface area contributed by atoms with Crippen molar-refractivity contribution in [2.45, 2.75) is 127 Å². The van der Waals surface area contributed by atoms with Crippen molar-refractivity contribution < 1.29 is 4.42 Å². The van der Waals surface area contributed by atoms with Crippen molar-refractivity contribution in [3.63, 3.8) is 0 Å². The molecule has 4 saturated carbocycles. The van der Waals surface area contributed by atoms with Crippen LogP contribution < -0.4 is 16.0 Å². The monoisotopic (exact) mass is 961 g/mol. The average molecular weight is 961 g/mol. The van der Waals surface area contributed by atoms with Crippen molar-refractivity contribution in [3.05, 3.63) is 174 Å². The van der Waals surface area contributed by atoms with Gasteiger partial charge in [0.05, 0.1) is 11.4 Å². The largest absolute Gasteiger partial charge is 0.465 e. The predicted octanol–water partition coefficient (Wildman–Crippen LogP) is 18.0. The molecule has 74 heavy (non-hydrogen) atoms. The first kappa shape index (κ1) is 43.6. The minimum absolute atomic E-state index is 0.0402. The average Bonchev–Trinajstić information content (AvgIpc) is 4.00. The minimum Gasteiger partial charge on any atom is -0.465 e. The molecule has 4 bridgehead atoms. The Hall–Kier alpha value is -6.78. The fourth-order valence-corrected chi connectivity index (χ4v) is 16.7. The summed E-state index contributed by atoms with van der Waals surface area (Å²) in [5.74, 6) is 1.70. The molecule has 2 aliphatic heterocycles. The molecule has 4 fully saturated rings. The summed E-state index contributed by atoms with van der Waals surface area (Å²) in [5.41, 5.74) is 22.2. The number of anilines is 3. The van der Waals surface area contributed by atoms with Crippen LogP contribution in [0.15, 0.2) is 162 Å². The van der Waals surface area contributed by atoms with Crippen LogP contribution in [0.5, 0.6) is 0 Å². The lowest BCUT2D eigenvalue weighted by Gasteiger charge is -2.46. The van der Waals surface area contributed by atoms with Gasteiger partial charge in [-0.1, -0.05) is 175 Å². The molecule has 0 unspecified atom stereocenters. The lowest BCUT2D eigenvalue weighted by atomic mass is 9.47. The van der Waals surface area contributed by atoms with Crippen LogP contribution in [-0.2, 0) is 16.2 Å². The maximum atomic E-state index is 7.79. The lowest BCUT2D eigenvalue weighted by molar-refractivity contribution is 0.149. The van der Waals surface area contributed by atoms with E-state index in [0.717, 1.165) is 39.5 Å². The number of benzene rings is 8. The zero-order chi connectivity index (χ0) is 49.1. The van der Waals surface area contributed by atoms with Gasteiger partial charge in [0.1, 0.15) is 11.2 Å². The second-order valence-corrected chi connectivity index (χ2v) is 25.2. The highest BCUT2D eigenvalue weighted by atomic mass is 16.3. The van der Waals surface area contributed by atoms with E-state index in [4.69, 9.17) is 4.42 Å². The van der Waals surface area contributed by atoms with Crippen LogP contribution in [0.1, 0.15) is 127 Å². The zero-order valence-electron chi connectivity index (χ0n) is 43.4. The molecule has 4 heteroatoms. The van der Waals surface area contributed by atoms with Gasteiger partial charge in [-0.15, -0.1) is 0 Å². The fraction of sp³-hybridized carbons (Fsp3) is 0.314. The third-order valence-electron chi connectivity index (χ3n) is 20.1. The lowest BCUT2D eigenvalue weighted by Crippen LogP contribution is -2.56. The molecule has 4 aliphatic carbocycles. The topological polar surface area (TPSA) is 21.3 Å². The Morgan fingerprint density at radius 1 is 0.514 bits per heavy atom. The molecule has 4 heterocycles. The first-order chi connectivity index (χ1) is 36.2. The van der Waals surface area contributed by atoms with Crippen LogP contribution in [0.25, 0.3) is 76.9 Å². The zero-order valence-corrected chi connectivity index (χ0v) is 43.4. The van der Waals surface area contributed by atoms with E-state index in [1.807, 2.05) is 0 Å². The Morgan fingerprint density at radius 2 is 1.18 bits per heavy atom. The van der Waals surface area contributed by atoms with Crippen LogP contribution >= 0.6 is 0 Å². The molecule has 3 nitrogen and oxygen atoms in total. The second-order valence-electron chi connectivity index (χ2n) is 25.2. The summed E-state index contributed by atoms with van der Waals surface area (Å²) in [6.07, 6.45) is 18.9. The highest BCUT2D eigenvalue weighted by molar-refractivity contribution is 6.89. The second kappa shape index (κ2) is 15.9. The van der Waals surface area contributed by atoms with E-state index in [2.05, 4.69) is 188 Å². The molecule has 2 aromatic heterocycles. The van der Waals surface area contributed by atoms with Gasteiger partial charge in [0.2, 0.25) is 0 Å². The molecule has 0 saturated heterocycles. The number of rotatable bonds is 5. The van der Waals surface area contributed by atoms with Gasteiger partial charge in [-0.25, -0.2) is 0 Å². The van der Waals surface area contributed by atoms with E-state index in [9.17, 15) is 0 Å². The standard InChI is InChI=1S/C70H65BN2O/c1-68(2,3)50-27-30-60(55(38-50)47-22-8-5-9-23-47)72-62-37-49(46-20-6-4-7-21-46)36-57-59-41-52(70-34-14-18-45(43-70)19-15-35-70)40-58-56-39-51(69-32-12-16-44(42-69)17-13-33-69)28-31-61(56)73(64(58)59)71(63(57)62)67-65(72)54-29-26-48-24-10-11-25-53(48)66(54)74-67/h4-11,20-31,36-41,44-45H,12-19,32-35,42-43H2,1-3H3. The van der Waals surface area contributed by atoms with Gasteiger partial charge in [-0.2, -0.15) is 0 Å². The number of nitrogens with zero attached hydrogens (tertiary/aromatic N) is 2. The van der Waals surface area contributed by atoms with Gasteiger partial charge in [-0.05, 0) is 171 Å². The molecule has 364 valence electrons. The van der Waals surface area contributed by atoms with Gasteiger partial charge in [0, 0.05) is 49.4 Å². The quantitative estimate of drug-likeness (QED) is 0.160. The highest BCUT2D eigenvalue weighted by Crippen LogP contribution is 2.57. The van der Waals surface area contributed by atoms with Gasteiger partial charge >= 0.3 is 6.85 Å². The molecule has 10 aromatic rings. The summed E-state index contributed by atoms with van der Waals surface area (Å²) in [7, 11) is 0. The van der Waals surface area contributed by atoms with Crippen molar-refractivity contribution in [2.24, 2.45) is 11.8 Å². The van der Waals surface area contributed by atoms with Crippen molar-refractivity contribution in [2.75, 3.05) is 4.90 Å². The van der Waals surface area contributed by atoms with Crippen LogP contribution in [0.4, 0.5) is 17.1 Å². The summed E-state index contributed by atoms with van der Waals surface area (Å²) in [6.45, 7) is 6.82. The summed E-state index contributed by atoms with van der Waals surface area (Å²) in [6, 6.07) is 61.6. The van der Waals surface area contributed by atoms with Crippen molar-refractivity contribution in [1.29, 1.82) is 0 Å².